The minimum absolute atomic E-state index is 0.296. The summed E-state index contributed by atoms with van der Waals surface area (Å²) in [4.78, 5) is 4.52. The largest absolute Gasteiger partial charge is 0.271 e. The first-order valence-corrected chi connectivity index (χ1v) is 7.39. The molecule has 3 heteroatoms. The number of nitrogens with one attached hydrogen (secondary N) is 1. The summed E-state index contributed by atoms with van der Waals surface area (Å²) in [6.07, 6.45) is 12.5. The zero-order valence-electron chi connectivity index (χ0n) is 11.9. The number of rotatable bonds is 6. The number of hydrogen-bond acceptors (Lipinski definition) is 3. The maximum absolute atomic E-state index is 5.69. The van der Waals surface area contributed by atoms with Crippen molar-refractivity contribution in [1.82, 2.24) is 10.4 Å². The van der Waals surface area contributed by atoms with E-state index in [1.807, 2.05) is 6.20 Å². The minimum atomic E-state index is 0.296. The number of hydrogen-bond donors (Lipinski definition) is 2. The van der Waals surface area contributed by atoms with Crippen molar-refractivity contribution in [3.63, 3.8) is 0 Å². The van der Waals surface area contributed by atoms with Crippen LogP contribution in [0.3, 0.4) is 0 Å². The van der Waals surface area contributed by atoms with E-state index in [1.54, 1.807) is 5.57 Å². The Bertz CT molecular complexity index is 409. The van der Waals surface area contributed by atoms with Crippen molar-refractivity contribution in [2.45, 2.75) is 57.9 Å². The van der Waals surface area contributed by atoms with E-state index in [1.165, 1.54) is 31.2 Å². The third kappa shape index (κ3) is 4.44. The summed E-state index contributed by atoms with van der Waals surface area (Å²) < 4.78 is 0. The van der Waals surface area contributed by atoms with Crippen LogP contribution in [0.15, 0.2) is 30.0 Å². The fourth-order valence-corrected chi connectivity index (χ4v) is 2.63. The lowest BCUT2D eigenvalue weighted by Gasteiger charge is -2.20. The summed E-state index contributed by atoms with van der Waals surface area (Å²) in [6.45, 7) is 2.15. The molecule has 0 spiro atoms. The van der Waals surface area contributed by atoms with E-state index in [2.05, 4.69) is 35.5 Å². The van der Waals surface area contributed by atoms with Crippen molar-refractivity contribution in [3.8, 4) is 0 Å². The fraction of sp³-hybridized carbons (Fsp3) is 0.562. The molecule has 1 unspecified atom stereocenters. The summed E-state index contributed by atoms with van der Waals surface area (Å²) in [7, 11) is 0. The molecule has 1 aromatic heterocycles. The highest BCUT2D eigenvalue weighted by Crippen LogP contribution is 2.22. The van der Waals surface area contributed by atoms with Crippen LogP contribution in [0.1, 0.15) is 50.3 Å². The third-order valence-electron chi connectivity index (χ3n) is 3.88. The molecule has 1 aromatic rings. The van der Waals surface area contributed by atoms with Crippen molar-refractivity contribution in [1.29, 1.82) is 0 Å². The van der Waals surface area contributed by atoms with Gasteiger partial charge in [-0.25, -0.2) is 0 Å². The van der Waals surface area contributed by atoms with Crippen LogP contribution < -0.4 is 11.3 Å². The number of nitrogens with zero attached hydrogens (tertiary/aromatic N) is 1. The van der Waals surface area contributed by atoms with Gasteiger partial charge >= 0.3 is 0 Å². The Morgan fingerprint density at radius 1 is 1.32 bits per heavy atom. The molecule has 1 aliphatic rings. The standard InChI is InChI=1S/C16H25N3/c1-2-13-8-9-15(18-12-13)11-16(19-17)10-14-6-4-3-5-7-14/h6,8-9,12,16,19H,2-5,7,10-11,17H2,1H3. The van der Waals surface area contributed by atoms with Gasteiger partial charge in [0.05, 0.1) is 0 Å². The average molecular weight is 259 g/mol. The van der Waals surface area contributed by atoms with E-state index < -0.39 is 0 Å². The highest BCUT2D eigenvalue weighted by atomic mass is 15.2. The van der Waals surface area contributed by atoms with Crippen LogP contribution >= 0.6 is 0 Å². The zero-order valence-corrected chi connectivity index (χ0v) is 11.9. The number of allylic oxidation sites excluding steroid dienone is 1. The molecule has 3 nitrogen and oxygen atoms in total. The van der Waals surface area contributed by atoms with Crippen molar-refractivity contribution in [2.75, 3.05) is 0 Å². The Balaban J connectivity index is 1.92. The number of aromatic nitrogens is 1. The van der Waals surface area contributed by atoms with Gasteiger partial charge < -0.3 is 0 Å². The second kappa shape index (κ2) is 7.41. The van der Waals surface area contributed by atoms with Crippen LogP contribution in [0.5, 0.6) is 0 Å². The van der Waals surface area contributed by atoms with E-state index in [0.29, 0.717) is 6.04 Å². The van der Waals surface area contributed by atoms with Crippen LogP contribution in [0, 0.1) is 0 Å². The monoisotopic (exact) mass is 259 g/mol. The average Bonchev–Trinajstić information content (AvgIpc) is 2.48. The number of pyridine rings is 1. The van der Waals surface area contributed by atoms with Gasteiger partial charge in [0.15, 0.2) is 0 Å². The van der Waals surface area contributed by atoms with Crippen LogP contribution in [-0.2, 0) is 12.8 Å². The first-order chi connectivity index (χ1) is 9.31. The minimum Gasteiger partial charge on any atom is -0.271 e. The second-order valence-corrected chi connectivity index (χ2v) is 5.39. The fourth-order valence-electron chi connectivity index (χ4n) is 2.63. The molecule has 0 aliphatic heterocycles. The highest BCUT2D eigenvalue weighted by molar-refractivity contribution is 5.15. The Morgan fingerprint density at radius 2 is 2.21 bits per heavy atom. The molecule has 1 heterocycles. The highest BCUT2D eigenvalue weighted by Gasteiger charge is 2.13. The van der Waals surface area contributed by atoms with Gasteiger partial charge in [0.1, 0.15) is 0 Å². The molecular formula is C16H25N3. The van der Waals surface area contributed by atoms with Crippen LogP contribution in [0.25, 0.3) is 0 Å². The molecule has 0 aromatic carbocycles. The predicted molar refractivity (Wildman–Crippen MR) is 79.6 cm³/mol. The quantitative estimate of drug-likeness (QED) is 0.469. The van der Waals surface area contributed by atoms with Gasteiger partial charge in [-0.05, 0) is 50.2 Å². The molecule has 1 atom stereocenters. The Hall–Kier alpha value is -1.19. The van der Waals surface area contributed by atoms with E-state index in [9.17, 15) is 0 Å². The molecule has 19 heavy (non-hydrogen) atoms. The van der Waals surface area contributed by atoms with Gasteiger partial charge in [-0.2, -0.15) is 0 Å². The zero-order chi connectivity index (χ0) is 13.5. The Morgan fingerprint density at radius 3 is 2.79 bits per heavy atom. The van der Waals surface area contributed by atoms with E-state index in [-0.39, 0.29) is 0 Å². The van der Waals surface area contributed by atoms with Gasteiger partial charge in [0.2, 0.25) is 0 Å². The Labute approximate surface area is 116 Å². The Kier molecular flexibility index (Phi) is 5.55. The molecule has 0 fully saturated rings. The molecule has 104 valence electrons. The third-order valence-corrected chi connectivity index (χ3v) is 3.88. The lowest BCUT2D eigenvalue weighted by atomic mass is 9.93. The van der Waals surface area contributed by atoms with Crippen molar-refractivity contribution in [2.24, 2.45) is 5.84 Å². The second-order valence-electron chi connectivity index (χ2n) is 5.39. The van der Waals surface area contributed by atoms with Gasteiger partial charge in [-0.1, -0.05) is 24.6 Å². The normalized spacial score (nSPS) is 17.1. The predicted octanol–water partition coefficient (Wildman–Crippen LogP) is 2.91. The molecule has 0 bridgehead atoms. The smallest absolute Gasteiger partial charge is 0.0419 e. The summed E-state index contributed by atoms with van der Waals surface area (Å²) in [6, 6.07) is 4.58. The summed E-state index contributed by atoms with van der Waals surface area (Å²) in [5.74, 6) is 5.69. The summed E-state index contributed by atoms with van der Waals surface area (Å²) in [5, 5.41) is 0. The maximum Gasteiger partial charge on any atom is 0.0419 e. The summed E-state index contributed by atoms with van der Waals surface area (Å²) >= 11 is 0. The number of nitrogens with two attached hydrogens (primary N) is 1. The molecule has 0 amide bonds. The van der Waals surface area contributed by atoms with E-state index in [4.69, 9.17) is 5.84 Å². The summed E-state index contributed by atoms with van der Waals surface area (Å²) in [5.41, 5.74) is 6.91. The van der Waals surface area contributed by atoms with Gasteiger partial charge in [0.25, 0.3) is 0 Å². The maximum atomic E-state index is 5.69. The molecule has 0 radical (unpaired) electrons. The van der Waals surface area contributed by atoms with Crippen molar-refractivity contribution >= 4 is 0 Å². The first kappa shape index (κ1) is 14.2. The van der Waals surface area contributed by atoms with Crippen molar-refractivity contribution in [3.05, 3.63) is 41.2 Å². The lowest BCUT2D eigenvalue weighted by molar-refractivity contribution is 0.500. The van der Waals surface area contributed by atoms with E-state index in [0.717, 1.165) is 25.0 Å². The number of hydrazine groups is 1. The molecule has 3 N–H and O–H groups in total. The topological polar surface area (TPSA) is 50.9 Å². The molecule has 0 saturated carbocycles. The van der Waals surface area contributed by atoms with Crippen LogP contribution in [0.4, 0.5) is 0 Å². The molecule has 1 aliphatic carbocycles. The first-order valence-electron chi connectivity index (χ1n) is 7.39. The van der Waals surface area contributed by atoms with Gasteiger partial charge in [0, 0.05) is 24.4 Å². The van der Waals surface area contributed by atoms with Crippen molar-refractivity contribution < 1.29 is 0 Å². The number of aryl methyl sites for hydroxylation is 1. The molecule has 0 saturated heterocycles. The lowest BCUT2D eigenvalue weighted by Crippen LogP contribution is -2.37. The van der Waals surface area contributed by atoms with Gasteiger partial charge in [-0.15, -0.1) is 0 Å². The molecule has 2 rings (SSSR count). The van der Waals surface area contributed by atoms with Gasteiger partial charge in [-0.3, -0.25) is 16.3 Å². The molecular weight excluding hydrogens is 234 g/mol. The van der Waals surface area contributed by atoms with E-state index >= 15 is 0 Å². The SMILES string of the molecule is CCc1ccc(CC(CC2=CCCCC2)NN)nc1. The van der Waals surface area contributed by atoms with Crippen LogP contribution in [-0.4, -0.2) is 11.0 Å². The van der Waals surface area contributed by atoms with Crippen LogP contribution in [0.2, 0.25) is 0 Å².